The number of aryl methyl sites for hydroxylation is 1. The van der Waals surface area contributed by atoms with E-state index in [1.807, 2.05) is 13.0 Å². The number of amides is 5. The summed E-state index contributed by atoms with van der Waals surface area (Å²) in [6.45, 7) is 5.45. The fourth-order valence-corrected chi connectivity index (χ4v) is 4.71. The molecule has 43 heavy (non-hydrogen) atoms. The minimum Gasteiger partial charge on any atom is -0.490 e. The molecule has 0 bridgehead atoms. The largest absolute Gasteiger partial charge is 0.490 e. The number of urea groups is 1. The van der Waals surface area contributed by atoms with Gasteiger partial charge in [-0.1, -0.05) is 12.1 Å². The van der Waals surface area contributed by atoms with Gasteiger partial charge in [-0.15, -0.1) is 0 Å². The molecular weight excluding hydrogens is 622 g/mol. The second-order valence-corrected chi connectivity index (χ2v) is 10.0. The van der Waals surface area contributed by atoms with Crippen molar-refractivity contribution in [2.24, 2.45) is 0 Å². The number of ether oxygens (including phenoxy) is 3. The lowest BCUT2D eigenvalue weighted by Gasteiger charge is -2.26. The molecule has 0 spiro atoms. The fourth-order valence-electron chi connectivity index (χ4n) is 4.14. The smallest absolute Gasteiger partial charge is 0.338 e. The summed E-state index contributed by atoms with van der Waals surface area (Å²) in [4.78, 5) is 63.7. The number of anilines is 2. The molecule has 5 amide bonds. The van der Waals surface area contributed by atoms with E-state index in [0.717, 1.165) is 10.5 Å². The first-order chi connectivity index (χ1) is 20.6. The minimum absolute atomic E-state index is 0.229. The molecule has 222 valence electrons. The molecule has 1 aliphatic heterocycles. The number of rotatable bonds is 10. The van der Waals surface area contributed by atoms with Crippen molar-refractivity contribution in [3.63, 3.8) is 0 Å². The summed E-state index contributed by atoms with van der Waals surface area (Å²) < 4.78 is 16.8. The number of hydrogen-bond acceptors (Lipinski definition) is 8. The van der Waals surface area contributed by atoms with E-state index in [0.29, 0.717) is 27.0 Å². The second kappa shape index (κ2) is 13.8. The molecule has 0 atom stereocenters. The summed E-state index contributed by atoms with van der Waals surface area (Å²) in [5, 5.41) is 4.89. The fraction of sp³-hybridized carbons (Fsp3) is 0.194. The molecule has 1 aliphatic rings. The molecule has 0 saturated carbocycles. The van der Waals surface area contributed by atoms with E-state index in [1.165, 1.54) is 6.08 Å². The number of carbonyl (C=O) groups is 5. The Morgan fingerprint density at radius 3 is 2.40 bits per heavy atom. The second-order valence-electron chi connectivity index (χ2n) is 9.19. The van der Waals surface area contributed by atoms with Crippen LogP contribution in [0.2, 0.25) is 0 Å². The first kappa shape index (κ1) is 31.0. The molecule has 11 nitrogen and oxygen atoms in total. The zero-order valence-corrected chi connectivity index (χ0v) is 25.1. The van der Waals surface area contributed by atoms with Gasteiger partial charge in [0.05, 0.1) is 28.9 Å². The maximum atomic E-state index is 13.3. The van der Waals surface area contributed by atoms with Crippen LogP contribution in [0.1, 0.15) is 35.3 Å². The normalized spacial score (nSPS) is 13.9. The lowest BCUT2D eigenvalue weighted by Crippen LogP contribution is -2.54. The molecule has 1 fully saturated rings. The van der Waals surface area contributed by atoms with Gasteiger partial charge in [-0.3, -0.25) is 19.7 Å². The third-order valence-electron chi connectivity index (χ3n) is 6.03. The van der Waals surface area contributed by atoms with Gasteiger partial charge in [0.25, 0.3) is 17.7 Å². The van der Waals surface area contributed by atoms with Gasteiger partial charge >= 0.3 is 12.0 Å². The quantitative estimate of drug-likeness (QED) is 0.177. The Morgan fingerprint density at radius 1 is 0.977 bits per heavy atom. The van der Waals surface area contributed by atoms with E-state index in [4.69, 9.17) is 14.2 Å². The number of benzene rings is 3. The molecule has 0 radical (unpaired) electrons. The minimum atomic E-state index is -0.842. The van der Waals surface area contributed by atoms with Gasteiger partial charge in [-0.05, 0) is 102 Å². The predicted molar refractivity (Wildman–Crippen MR) is 162 cm³/mol. The molecule has 3 aromatic carbocycles. The van der Waals surface area contributed by atoms with Crippen LogP contribution < -0.4 is 25.0 Å². The summed E-state index contributed by atoms with van der Waals surface area (Å²) >= 11 is 3.42. The summed E-state index contributed by atoms with van der Waals surface area (Å²) in [5.74, 6) is -2.05. The third kappa shape index (κ3) is 7.46. The summed E-state index contributed by atoms with van der Waals surface area (Å²) in [6, 6.07) is 15.3. The molecule has 0 aromatic heterocycles. The zero-order valence-electron chi connectivity index (χ0n) is 23.6. The van der Waals surface area contributed by atoms with Crippen LogP contribution in [0.4, 0.5) is 16.2 Å². The zero-order chi connectivity index (χ0) is 31.1. The van der Waals surface area contributed by atoms with E-state index in [-0.39, 0.29) is 36.9 Å². The number of barbiturate groups is 1. The van der Waals surface area contributed by atoms with Crippen LogP contribution in [-0.2, 0) is 19.1 Å². The molecule has 2 N–H and O–H groups in total. The standard InChI is InChI=1S/C31H28BrN3O8/c1-4-41-25-16-19(14-23-28(37)34-31(40)35(29(23)38)22-8-6-7-18(3)13-22)15-24(32)27(25)43-17-26(36)33-21-11-9-20(10-12-21)30(39)42-5-2/h6-16H,4-5,17H2,1-3H3,(H,33,36)(H,34,37,40)/b23-14-. The Kier molecular flexibility index (Phi) is 9.94. The summed E-state index contributed by atoms with van der Waals surface area (Å²) in [5.41, 5.74) is 2.14. The van der Waals surface area contributed by atoms with Gasteiger partial charge in [-0.2, -0.15) is 0 Å². The number of esters is 1. The van der Waals surface area contributed by atoms with Gasteiger partial charge in [-0.25, -0.2) is 14.5 Å². The predicted octanol–water partition coefficient (Wildman–Crippen LogP) is 5.02. The SMILES string of the molecule is CCOC(=O)c1ccc(NC(=O)COc2c(Br)cc(/C=C3/C(=O)NC(=O)N(c4cccc(C)c4)C3=O)cc2OCC)cc1. The molecule has 3 aromatic rings. The van der Waals surface area contributed by atoms with Crippen molar-refractivity contribution in [2.75, 3.05) is 30.0 Å². The van der Waals surface area contributed by atoms with Crippen molar-refractivity contribution < 1.29 is 38.2 Å². The van der Waals surface area contributed by atoms with E-state index in [2.05, 4.69) is 26.6 Å². The van der Waals surface area contributed by atoms with Gasteiger partial charge < -0.3 is 19.5 Å². The highest BCUT2D eigenvalue weighted by Crippen LogP contribution is 2.38. The average Bonchev–Trinajstić information content (AvgIpc) is 2.95. The van der Waals surface area contributed by atoms with E-state index in [1.54, 1.807) is 68.4 Å². The van der Waals surface area contributed by atoms with Crippen molar-refractivity contribution in [1.29, 1.82) is 0 Å². The van der Waals surface area contributed by atoms with Crippen LogP contribution in [0.15, 0.2) is 70.7 Å². The van der Waals surface area contributed by atoms with Gasteiger partial charge in [0.15, 0.2) is 18.1 Å². The molecule has 12 heteroatoms. The maximum absolute atomic E-state index is 13.3. The highest BCUT2D eigenvalue weighted by atomic mass is 79.9. The molecular formula is C31H28BrN3O8. The Bertz CT molecular complexity index is 1620. The average molecular weight is 650 g/mol. The molecule has 0 unspecified atom stereocenters. The maximum Gasteiger partial charge on any atom is 0.338 e. The Morgan fingerprint density at radius 2 is 1.72 bits per heavy atom. The number of nitrogens with zero attached hydrogens (tertiary/aromatic N) is 1. The summed E-state index contributed by atoms with van der Waals surface area (Å²) in [6.07, 6.45) is 1.34. The van der Waals surface area contributed by atoms with E-state index >= 15 is 0 Å². The van der Waals surface area contributed by atoms with Crippen LogP contribution >= 0.6 is 15.9 Å². The number of imide groups is 2. The highest BCUT2D eigenvalue weighted by molar-refractivity contribution is 9.10. The Labute approximate surface area is 255 Å². The molecule has 0 aliphatic carbocycles. The van der Waals surface area contributed by atoms with Crippen molar-refractivity contribution in [1.82, 2.24) is 5.32 Å². The van der Waals surface area contributed by atoms with E-state index < -0.39 is 29.7 Å². The summed E-state index contributed by atoms with van der Waals surface area (Å²) in [7, 11) is 0. The van der Waals surface area contributed by atoms with Gasteiger partial charge in [0, 0.05) is 5.69 Å². The van der Waals surface area contributed by atoms with Crippen LogP contribution in [0, 0.1) is 6.92 Å². The first-order valence-corrected chi connectivity index (χ1v) is 14.0. The first-order valence-electron chi connectivity index (χ1n) is 13.3. The number of nitrogens with one attached hydrogen (secondary N) is 2. The lowest BCUT2D eigenvalue weighted by molar-refractivity contribution is -0.122. The van der Waals surface area contributed by atoms with E-state index in [9.17, 15) is 24.0 Å². The van der Waals surface area contributed by atoms with Gasteiger partial charge in [0.2, 0.25) is 0 Å². The number of hydrogen-bond donors (Lipinski definition) is 2. The van der Waals surface area contributed by atoms with Crippen molar-refractivity contribution >= 4 is 63.1 Å². The topological polar surface area (TPSA) is 140 Å². The van der Waals surface area contributed by atoms with Crippen molar-refractivity contribution in [3.05, 3.63) is 87.4 Å². The van der Waals surface area contributed by atoms with Crippen LogP contribution in [0.3, 0.4) is 0 Å². The molecule has 1 saturated heterocycles. The number of halogens is 1. The highest BCUT2D eigenvalue weighted by Gasteiger charge is 2.37. The van der Waals surface area contributed by atoms with Crippen LogP contribution in [0.25, 0.3) is 6.08 Å². The molecule has 1 heterocycles. The monoisotopic (exact) mass is 649 g/mol. The Hall–Kier alpha value is -4.97. The number of carbonyl (C=O) groups excluding carboxylic acids is 5. The Balaban J connectivity index is 1.51. The lowest BCUT2D eigenvalue weighted by atomic mass is 10.1. The van der Waals surface area contributed by atoms with Crippen LogP contribution in [-0.4, -0.2) is 49.5 Å². The third-order valence-corrected chi connectivity index (χ3v) is 6.62. The van der Waals surface area contributed by atoms with Crippen LogP contribution in [0.5, 0.6) is 11.5 Å². The van der Waals surface area contributed by atoms with Crippen molar-refractivity contribution in [2.45, 2.75) is 20.8 Å². The van der Waals surface area contributed by atoms with Gasteiger partial charge in [0.1, 0.15) is 5.57 Å². The van der Waals surface area contributed by atoms with Crippen molar-refractivity contribution in [3.8, 4) is 11.5 Å². The molecule has 4 rings (SSSR count).